The first-order valence-corrected chi connectivity index (χ1v) is 8.18. The summed E-state index contributed by atoms with van der Waals surface area (Å²) in [5.74, 6) is -0.255. The van der Waals surface area contributed by atoms with E-state index in [1.165, 1.54) is 11.1 Å². The zero-order valence-electron chi connectivity index (χ0n) is 12.6. The average Bonchev–Trinajstić information content (AvgIpc) is 2.88. The summed E-state index contributed by atoms with van der Waals surface area (Å²) in [6, 6.07) is 9.09. The molecule has 1 unspecified atom stereocenters. The molecule has 1 amide bonds. The summed E-state index contributed by atoms with van der Waals surface area (Å²) in [6.45, 7) is 0.748. The molecule has 0 bridgehead atoms. The summed E-state index contributed by atoms with van der Waals surface area (Å²) >= 11 is 5.59. The first-order chi connectivity index (χ1) is 10.6. The van der Waals surface area contributed by atoms with Crippen molar-refractivity contribution in [3.05, 3.63) is 52.6 Å². The van der Waals surface area contributed by atoms with Crippen LogP contribution in [0.25, 0.3) is 0 Å². The van der Waals surface area contributed by atoms with Crippen LogP contribution in [0.3, 0.4) is 0 Å². The molecule has 0 fully saturated rings. The van der Waals surface area contributed by atoms with Gasteiger partial charge in [0.15, 0.2) is 4.77 Å². The number of hydrogen-bond acceptors (Lipinski definition) is 2. The average molecular weight is 315 g/mol. The maximum Gasteiger partial charge on any atom is 0.217 e. The number of fused-ring (bicyclic) bond motifs is 1. The normalized spacial score (nSPS) is 17.2. The number of rotatable bonds is 5. The van der Waals surface area contributed by atoms with Crippen LogP contribution in [0.1, 0.15) is 36.4 Å². The van der Waals surface area contributed by atoms with E-state index in [1.807, 2.05) is 10.8 Å². The van der Waals surface area contributed by atoms with Crippen LogP contribution in [0.2, 0.25) is 0 Å². The van der Waals surface area contributed by atoms with Gasteiger partial charge < -0.3 is 14.9 Å². The summed E-state index contributed by atoms with van der Waals surface area (Å²) in [5.41, 5.74) is 8.08. The summed E-state index contributed by atoms with van der Waals surface area (Å²) in [7, 11) is 0. The predicted molar refractivity (Wildman–Crippen MR) is 89.2 cm³/mol. The van der Waals surface area contributed by atoms with Gasteiger partial charge in [-0.2, -0.15) is 0 Å². The minimum atomic E-state index is -0.255. The minimum Gasteiger partial charge on any atom is -0.370 e. The first-order valence-electron chi connectivity index (χ1n) is 7.77. The molecule has 4 nitrogen and oxygen atoms in total. The van der Waals surface area contributed by atoms with E-state index in [1.54, 1.807) is 0 Å². The molecule has 2 N–H and O–H groups in total. The number of aryl methyl sites for hydroxylation is 2. The SMILES string of the molecule is NC(=O)CCCn1ccn(C2CCc3ccccc3C2)c1=S. The predicted octanol–water partition coefficient (Wildman–Crippen LogP) is 3.01. The van der Waals surface area contributed by atoms with Gasteiger partial charge in [-0.05, 0) is 49.0 Å². The quantitative estimate of drug-likeness (QED) is 0.862. The number of carbonyl (C=O) groups is 1. The molecule has 5 heteroatoms. The molecule has 0 aliphatic heterocycles. The topological polar surface area (TPSA) is 53.0 Å². The molecule has 22 heavy (non-hydrogen) atoms. The van der Waals surface area contributed by atoms with Gasteiger partial charge in [0.25, 0.3) is 0 Å². The van der Waals surface area contributed by atoms with E-state index in [4.69, 9.17) is 18.0 Å². The molecule has 116 valence electrons. The van der Waals surface area contributed by atoms with Crippen molar-refractivity contribution < 1.29 is 4.79 Å². The smallest absolute Gasteiger partial charge is 0.217 e. The maximum atomic E-state index is 10.8. The van der Waals surface area contributed by atoms with Crippen LogP contribution in [0, 0.1) is 4.77 Å². The van der Waals surface area contributed by atoms with Crippen LogP contribution in [-0.2, 0) is 24.2 Å². The van der Waals surface area contributed by atoms with Gasteiger partial charge in [-0.25, -0.2) is 0 Å². The van der Waals surface area contributed by atoms with Crippen LogP contribution < -0.4 is 5.73 Å². The van der Waals surface area contributed by atoms with Crippen molar-refractivity contribution in [3.8, 4) is 0 Å². The Hall–Kier alpha value is -1.88. The highest BCUT2D eigenvalue weighted by Gasteiger charge is 2.20. The molecular formula is C17H21N3OS. The molecule has 1 aromatic heterocycles. The van der Waals surface area contributed by atoms with Crippen LogP contribution >= 0.6 is 12.2 Å². The lowest BCUT2D eigenvalue weighted by Gasteiger charge is -2.25. The third kappa shape index (κ3) is 3.14. The zero-order chi connectivity index (χ0) is 15.5. The Kier molecular flexibility index (Phi) is 4.43. The van der Waals surface area contributed by atoms with Crippen molar-refractivity contribution in [2.45, 2.75) is 44.7 Å². The minimum absolute atomic E-state index is 0.255. The molecule has 3 rings (SSSR count). The van der Waals surface area contributed by atoms with Gasteiger partial charge in [0.2, 0.25) is 5.91 Å². The van der Waals surface area contributed by atoms with Gasteiger partial charge in [-0.15, -0.1) is 0 Å². The second-order valence-corrected chi connectivity index (χ2v) is 6.28. The van der Waals surface area contributed by atoms with E-state index in [0.717, 1.165) is 37.0 Å². The summed E-state index contributed by atoms with van der Waals surface area (Å²) in [6.07, 6.45) is 8.50. The zero-order valence-corrected chi connectivity index (χ0v) is 13.4. The van der Waals surface area contributed by atoms with E-state index in [2.05, 4.69) is 35.0 Å². The summed E-state index contributed by atoms with van der Waals surface area (Å²) < 4.78 is 5.09. The summed E-state index contributed by atoms with van der Waals surface area (Å²) in [5, 5.41) is 0. The number of imidazole rings is 1. The van der Waals surface area contributed by atoms with Gasteiger partial charge in [0.1, 0.15) is 0 Å². The Morgan fingerprint density at radius 3 is 2.82 bits per heavy atom. The van der Waals surface area contributed by atoms with E-state index >= 15 is 0 Å². The Labute approximate surface area is 135 Å². The first kappa shape index (κ1) is 15.0. The lowest BCUT2D eigenvalue weighted by Crippen LogP contribution is -2.18. The molecular weight excluding hydrogens is 294 g/mol. The van der Waals surface area contributed by atoms with Crippen LogP contribution in [-0.4, -0.2) is 15.0 Å². The number of hydrogen-bond donors (Lipinski definition) is 1. The number of carbonyl (C=O) groups excluding carboxylic acids is 1. The van der Waals surface area contributed by atoms with Crippen molar-refractivity contribution in [3.63, 3.8) is 0 Å². The molecule has 1 aliphatic carbocycles. The van der Waals surface area contributed by atoms with Crippen molar-refractivity contribution in [2.75, 3.05) is 0 Å². The maximum absolute atomic E-state index is 10.8. The van der Waals surface area contributed by atoms with Gasteiger partial charge in [-0.3, -0.25) is 4.79 Å². The second-order valence-electron chi connectivity index (χ2n) is 5.92. The van der Waals surface area contributed by atoms with Gasteiger partial charge in [0, 0.05) is 31.4 Å². The van der Waals surface area contributed by atoms with Crippen molar-refractivity contribution in [1.82, 2.24) is 9.13 Å². The van der Waals surface area contributed by atoms with Gasteiger partial charge >= 0.3 is 0 Å². The Bertz CT molecular complexity index is 732. The molecule has 0 saturated carbocycles. The molecule has 1 heterocycles. The highest BCUT2D eigenvalue weighted by Crippen LogP contribution is 2.29. The third-order valence-electron chi connectivity index (χ3n) is 4.41. The fourth-order valence-corrected chi connectivity index (χ4v) is 3.58. The molecule has 1 atom stereocenters. The van der Waals surface area contributed by atoms with Crippen molar-refractivity contribution >= 4 is 18.1 Å². The van der Waals surface area contributed by atoms with Crippen LogP contribution in [0.15, 0.2) is 36.7 Å². The van der Waals surface area contributed by atoms with E-state index in [9.17, 15) is 4.79 Å². The Morgan fingerprint density at radius 2 is 2.05 bits per heavy atom. The fourth-order valence-electron chi connectivity index (χ4n) is 3.22. The van der Waals surface area contributed by atoms with Crippen molar-refractivity contribution in [2.24, 2.45) is 5.73 Å². The molecule has 0 radical (unpaired) electrons. The Morgan fingerprint density at radius 1 is 1.27 bits per heavy atom. The monoisotopic (exact) mass is 315 g/mol. The molecule has 1 aromatic carbocycles. The number of benzene rings is 1. The summed E-state index contributed by atoms with van der Waals surface area (Å²) in [4.78, 5) is 10.8. The molecule has 1 aliphatic rings. The number of aromatic nitrogens is 2. The van der Waals surface area contributed by atoms with Crippen LogP contribution in [0.4, 0.5) is 0 Å². The largest absolute Gasteiger partial charge is 0.370 e. The lowest BCUT2D eigenvalue weighted by atomic mass is 9.88. The van der Waals surface area contributed by atoms with Crippen LogP contribution in [0.5, 0.6) is 0 Å². The number of nitrogens with two attached hydrogens (primary N) is 1. The second kappa shape index (κ2) is 6.48. The highest BCUT2D eigenvalue weighted by molar-refractivity contribution is 7.71. The fraction of sp³-hybridized carbons (Fsp3) is 0.412. The van der Waals surface area contributed by atoms with Gasteiger partial charge in [-0.1, -0.05) is 24.3 Å². The lowest BCUT2D eigenvalue weighted by molar-refractivity contribution is -0.118. The van der Waals surface area contributed by atoms with E-state index < -0.39 is 0 Å². The molecule has 2 aromatic rings. The molecule has 0 saturated heterocycles. The number of nitrogens with zero attached hydrogens (tertiary/aromatic N) is 2. The van der Waals surface area contributed by atoms with Gasteiger partial charge in [0.05, 0.1) is 0 Å². The third-order valence-corrected chi connectivity index (χ3v) is 4.86. The number of amides is 1. The highest BCUT2D eigenvalue weighted by atomic mass is 32.1. The number of primary amides is 1. The Balaban J connectivity index is 1.73. The van der Waals surface area contributed by atoms with E-state index in [0.29, 0.717) is 12.5 Å². The van der Waals surface area contributed by atoms with Crippen molar-refractivity contribution in [1.29, 1.82) is 0 Å². The molecule has 0 spiro atoms. The standard InChI is InChI=1S/C17H21N3OS/c18-16(21)6-3-9-19-10-11-20(17(19)22)15-8-7-13-4-1-2-5-14(13)12-15/h1-2,4-5,10-11,15H,3,6-9,12H2,(H2,18,21). The van der Waals surface area contributed by atoms with E-state index in [-0.39, 0.29) is 5.91 Å².